The van der Waals surface area contributed by atoms with Crippen LogP contribution in [0.5, 0.6) is 0 Å². The summed E-state index contributed by atoms with van der Waals surface area (Å²) in [5, 5.41) is 8.19. The predicted octanol–water partition coefficient (Wildman–Crippen LogP) is 2.49. The monoisotopic (exact) mass is 258 g/mol. The molecule has 0 bridgehead atoms. The maximum Gasteiger partial charge on any atom is 0.131 e. The third-order valence-electron chi connectivity index (χ3n) is 2.88. The third kappa shape index (κ3) is 4.28. The number of rotatable bonds is 7. The van der Waals surface area contributed by atoms with Crippen molar-refractivity contribution in [3.05, 3.63) is 30.6 Å². The van der Waals surface area contributed by atoms with Crippen LogP contribution in [0.3, 0.4) is 0 Å². The van der Waals surface area contributed by atoms with E-state index in [2.05, 4.69) is 15.3 Å². The van der Waals surface area contributed by atoms with Gasteiger partial charge in [-0.1, -0.05) is 17.7 Å². The van der Waals surface area contributed by atoms with E-state index in [1.165, 1.54) is 0 Å². The van der Waals surface area contributed by atoms with Crippen molar-refractivity contribution in [1.82, 2.24) is 20.0 Å². The number of carbonyl (C=O) groups is 1. The minimum Gasteiger partial charge on any atom is -0.300 e. The van der Waals surface area contributed by atoms with Gasteiger partial charge in [-0.3, -0.25) is 9.67 Å². The van der Waals surface area contributed by atoms with Gasteiger partial charge < -0.3 is 4.79 Å². The molecule has 2 aromatic rings. The summed E-state index contributed by atoms with van der Waals surface area (Å²) in [4.78, 5) is 15.0. The highest BCUT2D eigenvalue weighted by molar-refractivity contribution is 5.75. The number of unbranched alkanes of at least 4 members (excludes halogenated alkanes) is 2. The Balaban J connectivity index is 1.80. The summed E-state index contributed by atoms with van der Waals surface area (Å²) in [6.07, 6.45) is 7.34. The normalized spacial score (nSPS) is 10.6. The number of hydrogen-bond acceptors (Lipinski definition) is 4. The van der Waals surface area contributed by atoms with Crippen LogP contribution in [0, 0.1) is 0 Å². The fourth-order valence-electron chi connectivity index (χ4n) is 1.86. The Labute approximate surface area is 112 Å². The lowest BCUT2D eigenvalue weighted by Crippen LogP contribution is -1.99. The lowest BCUT2D eigenvalue weighted by atomic mass is 10.1. The zero-order chi connectivity index (χ0) is 13.5. The molecule has 0 aromatic carbocycles. The van der Waals surface area contributed by atoms with Gasteiger partial charge in [-0.15, -0.1) is 5.10 Å². The summed E-state index contributed by atoms with van der Waals surface area (Å²) in [5.41, 5.74) is 1.63. The van der Waals surface area contributed by atoms with Crippen molar-refractivity contribution in [2.45, 2.75) is 39.2 Å². The van der Waals surface area contributed by atoms with Crippen molar-refractivity contribution in [3.8, 4) is 11.4 Å². The van der Waals surface area contributed by atoms with Crippen molar-refractivity contribution < 1.29 is 4.79 Å². The highest BCUT2D eigenvalue weighted by Crippen LogP contribution is 2.12. The van der Waals surface area contributed by atoms with Crippen molar-refractivity contribution in [2.75, 3.05) is 0 Å². The Morgan fingerprint density at radius 3 is 2.84 bits per heavy atom. The molecule has 2 heterocycles. The lowest BCUT2D eigenvalue weighted by molar-refractivity contribution is -0.117. The second-order valence-corrected chi connectivity index (χ2v) is 4.59. The van der Waals surface area contributed by atoms with Gasteiger partial charge in [0.25, 0.3) is 0 Å². The Hall–Kier alpha value is -2.04. The van der Waals surface area contributed by atoms with E-state index in [4.69, 9.17) is 0 Å². The van der Waals surface area contributed by atoms with Gasteiger partial charge in [-0.25, -0.2) is 0 Å². The van der Waals surface area contributed by atoms with Gasteiger partial charge in [-0.2, -0.15) is 0 Å². The molecule has 0 amide bonds. The van der Waals surface area contributed by atoms with Crippen LogP contribution >= 0.6 is 0 Å². The van der Waals surface area contributed by atoms with Crippen LogP contribution in [-0.4, -0.2) is 25.8 Å². The van der Waals surface area contributed by atoms with Crippen molar-refractivity contribution in [3.63, 3.8) is 0 Å². The van der Waals surface area contributed by atoms with Crippen LogP contribution < -0.4 is 0 Å². The first kappa shape index (κ1) is 13.4. The summed E-state index contributed by atoms with van der Waals surface area (Å²) >= 11 is 0. The van der Waals surface area contributed by atoms with E-state index < -0.39 is 0 Å². The highest BCUT2D eigenvalue weighted by Gasteiger charge is 2.04. The van der Waals surface area contributed by atoms with E-state index in [-0.39, 0.29) is 5.78 Å². The van der Waals surface area contributed by atoms with Gasteiger partial charge in [-0.05, 0) is 31.9 Å². The molecule has 0 aliphatic heterocycles. The van der Waals surface area contributed by atoms with Crippen LogP contribution in [0.4, 0.5) is 0 Å². The Morgan fingerprint density at radius 1 is 1.21 bits per heavy atom. The standard InChI is InChI=1S/C14H18N4O/c1-12(19)7-3-2-6-10-18-11-14(16-17-18)13-8-4-5-9-15-13/h4-5,8-9,11H,2-3,6-7,10H2,1H3. The average molecular weight is 258 g/mol. The Kier molecular flexibility index (Phi) is 4.78. The Bertz CT molecular complexity index is 521. The molecule has 0 atom stereocenters. The topological polar surface area (TPSA) is 60.7 Å². The minimum atomic E-state index is 0.262. The minimum absolute atomic E-state index is 0.262. The molecule has 2 rings (SSSR count). The third-order valence-corrected chi connectivity index (χ3v) is 2.88. The summed E-state index contributed by atoms with van der Waals surface area (Å²) in [6.45, 7) is 2.47. The summed E-state index contributed by atoms with van der Waals surface area (Å²) in [5.74, 6) is 0.262. The summed E-state index contributed by atoms with van der Waals surface area (Å²) < 4.78 is 1.83. The van der Waals surface area contributed by atoms with Gasteiger partial charge in [0.05, 0.1) is 11.9 Å². The molecule has 0 unspecified atom stereocenters. The lowest BCUT2D eigenvalue weighted by Gasteiger charge is -1.99. The number of nitrogens with zero attached hydrogens (tertiary/aromatic N) is 4. The largest absolute Gasteiger partial charge is 0.300 e. The number of pyridine rings is 1. The van der Waals surface area contributed by atoms with Crippen molar-refractivity contribution in [1.29, 1.82) is 0 Å². The molecule has 0 saturated heterocycles. The first-order valence-electron chi connectivity index (χ1n) is 6.56. The van der Waals surface area contributed by atoms with Crippen LogP contribution in [0.2, 0.25) is 0 Å². The molecule has 0 N–H and O–H groups in total. The van der Waals surface area contributed by atoms with Gasteiger partial charge >= 0.3 is 0 Å². The zero-order valence-corrected chi connectivity index (χ0v) is 11.1. The molecule has 0 aliphatic rings. The van der Waals surface area contributed by atoms with Gasteiger partial charge in [0.2, 0.25) is 0 Å². The Morgan fingerprint density at radius 2 is 2.11 bits per heavy atom. The zero-order valence-electron chi connectivity index (χ0n) is 11.1. The van der Waals surface area contributed by atoms with Gasteiger partial charge in [0.15, 0.2) is 0 Å². The summed E-state index contributed by atoms with van der Waals surface area (Å²) in [7, 11) is 0. The second kappa shape index (κ2) is 6.78. The molecule has 100 valence electrons. The van der Waals surface area contributed by atoms with Crippen LogP contribution in [0.15, 0.2) is 30.6 Å². The fraction of sp³-hybridized carbons (Fsp3) is 0.429. The van der Waals surface area contributed by atoms with E-state index in [9.17, 15) is 4.79 Å². The quantitative estimate of drug-likeness (QED) is 0.716. The smallest absolute Gasteiger partial charge is 0.131 e. The molecule has 5 nitrogen and oxygen atoms in total. The first-order chi connectivity index (χ1) is 9.25. The molecular weight excluding hydrogens is 240 g/mol. The predicted molar refractivity (Wildman–Crippen MR) is 72.4 cm³/mol. The van der Waals surface area contributed by atoms with Gasteiger partial charge in [0, 0.05) is 19.2 Å². The van der Waals surface area contributed by atoms with E-state index in [0.29, 0.717) is 6.42 Å². The molecule has 0 spiro atoms. The number of hydrogen-bond donors (Lipinski definition) is 0. The van der Waals surface area contributed by atoms with Crippen LogP contribution in [0.1, 0.15) is 32.6 Å². The molecule has 2 aromatic heterocycles. The van der Waals surface area contributed by atoms with E-state index in [1.807, 2.05) is 29.1 Å². The molecule has 19 heavy (non-hydrogen) atoms. The van der Waals surface area contributed by atoms with Crippen molar-refractivity contribution >= 4 is 5.78 Å². The maximum absolute atomic E-state index is 10.8. The summed E-state index contributed by atoms with van der Waals surface area (Å²) in [6, 6.07) is 5.73. The van der Waals surface area contributed by atoms with Crippen LogP contribution in [0.25, 0.3) is 11.4 Å². The molecule has 0 aliphatic carbocycles. The van der Waals surface area contributed by atoms with Crippen LogP contribution in [-0.2, 0) is 11.3 Å². The SMILES string of the molecule is CC(=O)CCCCCn1cc(-c2ccccn2)nn1. The molecule has 5 heteroatoms. The number of Topliss-reactive ketones (excluding diaryl/α,β-unsaturated/α-hetero) is 1. The number of carbonyl (C=O) groups excluding carboxylic acids is 1. The highest BCUT2D eigenvalue weighted by atomic mass is 16.1. The number of aromatic nitrogens is 4. The first-order valence-corrected chi connectivity index (χ1v) is 6.56. The molecule has 0 saturated carbocycles. The molecular formula is C14H18N4O. The van der Waals surface area contributed by atoms with E-state index in [1.54, 1.807) is 13.1 Å². The van der Waals surface area contributed by atoms with Crippen molar-refractivity contribution in [2.24, 2.45) is 0 Å². The fourth-order valence-corrected chi connectivity index (χ4v) is 1.86. The second-order valence-electron chi connectivity index (χ2n) is 4.59. The molecule has 0 radical (unpaired) electrons. The molecule has 0 fully saturated rings. The number of aryl methyl sites for hydroxylation is 1. The number of ketones is 1. The van der Waals surface area contributed by atoms with Gasteiger partial charge in [0.1, 0.15) is 11.5 Å². The van der Waals surface area contributed by atoms with E-state index >= 15 is 0 Å². The average Bonchev–Trinajstić information content (AvgIpc) is 2.88. The van der Waals surface area contributed by atoms with E-state index in [0.717, 1.165) is 37.2 Å². The maximum atomic E-state index is 10.8.